The number of aryl methyl sites for hydroxylation is 1. The van der Waals surface area contributed by atoms with Gasteiger partial charge in [0.25, 0.3) is 5.91 Å². The van der Waals surface area contributed by atoms with E-state index in [2.05, 4.69) is 27.1 Å². The van der Waals surface area contributed by atoms with Crippen molar-refractivity contribution in [2.75, 3.05) is 31.6 Å². The maximum absolute atomic E-state index is 13.5. The van der Waals surface area contributed by atoms with Gasteiger partial charge in [-0.25, -0.2) is 13.1 Å². The number of amides is 1. The van der Waals surface area contributed by atoms with Gasteiger partial charge >= 0.3 is 0 Å². The van der Waals surface area contributed by atoms with Crippen LogP contribution >= 0.6 is 11.6 Å². The minimum absolute atomic E-state index is 0.0674. The molecule has 240 valence electrons. The van der Waals surface area contributed by atoms with Crippen LogP contribution in [0.2, 0.25) is 5.02 Å². The van der Waals surface area contributed by atoms with E-state index >= 15 is 0 Å². The molecule has 6 rings (SSSR count). The average Bonchev–Trinajstić information content (AvgIpc) is 3.10. The molecular weight excluding hydrogens is 598 g/mol. The van der Waals surface area contributed by atoms with Crippen molar-refractivity contribution in [3.8, 4) is 5.75 Å². The molecule has 1 spiro atoms. The Balaban J connectivity index is 1.43. The van der Waals surface area contributed by atoms with E-state index in [1.165, 1.54) is 11.1 Å². The third kappa shape index (κ3) is 5.85. The molecule has 2 heterocycles. The Morgan fingerprint density at radius 2 is 1.95 bits per heavy atom. The summed E-state index contributed by atoms with van der Waals surface area (Å²) < 4.78 is 35.7. The SMILES string of the molecule is CN[C@@H]1C[C@H](C)[C@@H](C)S(=O)(=O)NC(=O)c2ccc3c(c2)N(C[C@@H]2CC[C@H]2C(C)(O)C1)C[C@@]1(CCCc2cc(Cl)ccc21)CO3. The topological polar surface area (TPSA) is 108 Å². The van der Waals surface area contributed by atoms with Crippen LogP contribution in [-0.2, 0) is 21.9 Å². The molecule has 7 atom stereocenters. The van der Waals surface area contributed by atoms with Crippen LogP contribution in [0.4, 0.5) is 5.69 Å². The van der Waals surface area contributed by atoms with Crippen LogP contribution in [0, 0.1) is 17.8 Å². The zero-order chi connectivity index (χ0) is 31.4. The van der Waals surface area contributed by atoms with Crippen molar-refractivity contribution in [2.45, 2.75) is 88.0 Å². The molecular formula is C34H46ClN3O5S. The molecule has 0 saturated heterocycles. The number of nitrogens with one attached hydrogen (secondary N) is 2. The second-order valence-electron chi connectivity index (χ2n) is 14.2. The number of anilines is 1. The summed E-state index contributed by atoms with van der Waals surface area (Å²) in [5.41, 5.74) is 2.40. The molecule has 0 radical (unpaired) electrons. The van der Waals surface area contributed by atoms with Crippen molar-refractivity contribution in [1.82, 2.24) is 10.0 Å². The van der Waals surface area contributed by atoms with Gasteiger partial charge in [0.1, 0.15) is 5.75 Å². The highest BCUT2D eigenvalue weighted by atomic mass is 35.5. The van der Waals surface area contributed by atoms with E-state index in [-0.39, 0.29) is 34.8 Å². The van der Waals surface area contributed by atoms with Crippen LogP contribution in [0.15, 0.2) is 36.4 Å². The van der Waals surface area contributed by atoms with Gasteiger partial charge in [0.15, 0.2) is 0 Å². The second-order valence-corrected chi connectivity index (χ2v) is 16.6. The average molecular weight is 644 g/mol. The molecule has 2 bridgehead atoms. The molecule has 1 fully saturated rings. The lowest BCUT2D eigenvalue weighted by atomic mass is 9.63. The summed E-state index contributed by atoms with van der Waals surface area (Å²) in [6.07, 6.45) is 6.01. The Morgan fingerprint density at radius 3 is 2.68 bits per heavy atom. The van der Waals surface area contributed by atoms with Crippen molar-refractivity contribution in [3.05, 3.63) is 58.1 Å². The molecule has 2 aliphatic heterocycles. The number of carbonyl (C=O) groups is 1. The van der Waals surface area contributed by atoms with Crippen LogP contribution in [0.1, 0.15) is 80.8 Å². The lowest BCUT2D eigenvalue weighted by Gasteiger charge is -2.49. The van der Waals surface area contributed by atoms with Crippen molar-refractivity contribution in [1.29, 1.82) is 0 Å². The van der Waals surface area contributed by atoms with Gasteiger partial charge in [0.2, 0.25) is 10.0 Å². The van der Waals surface area contributed by atoms with E-state index in [4.69, 9.17) is 16.3 Å². The van der Waals surface area contributed by atoms with Gasteiger partial charge in [-0.3, -0.25) is 4.79 Å². The molecule has 3 N–H and O–H groups in total. The molecule has 2 aromatic carbocycles. The fourth-order valence-electron chi connectivity index (χ4n) is 8.33. The van der Waals surface area contributed by atoms with Crippen LogP contribution < -0.4 is 19.7 Å². The van der Waals surface area contributed by atoms with E-state index in [0.29, 0.717) is 38.3 Å². The number of benzene rings is 2. The molecule has 44 heavy (non-hydrogen) atoms. The van der Waals surface area contributed by atoms with Crippen LogP contribution in [0.3, 0.4) is 0 Å². The molecule has 4 aliphatic rings. The highest BCUT2D eigenvalue weighted by Gasteiger charge is 2.48. The second kappa shape index (κ2) is 11.8. The number of hydrogen-bond acceptors (Lipinski definition) is 7. The highest BCUT2D eigenvalue weighted by molar-refractivity contribution is 7.90. The maximum Gasteiger partial charge on any atom is 0.264 e. The van der Waals surface area contributed by atoms with E-state index in [9.17, 15) is 18.3 Å². The zero-order valence-corrected chi connectivity index (χ0v) is 27.8. The predicted molar refractivity (Wildman–Crippen MR) is 174 cm³/mol. The number of carbonyl (C=O) groups excluding carboxylic acids is 1. The number of ether oxygens (including phenoxy) is 1. The van der Waals surface area contributed by atoms with E-state index in [1.807, 2.05) is 27.0 Å². The monoisotopic (exact) mass is 643 g/mol. The smallest absolute Gasteiger partial charge is 0.264 e. The summed E-state index contributed by atoms with van der Waals surface area (Å²) in [6.45, 7) is 7.39. The Labute approximate surface area is 266 Å². The molecule has 1 saturated carbocycles. The largest absolute Gasteiger partial charge is 0.490 e. The van der Waals surface area contributed by atoms with Gasteiger partial charge < -0.3 is 20.1 Å². The first-order valence-electron chi connectivity index (χ1n) is 16.1. The molecule has 1 unspecified atom stereocenters. The first-order valence-corrected chi connectivity index (χ1v) is 18.0. The first-order chi connectivity index (χ1) is 20.8. The number of nitrogens with zero attached hydrogens (tertiary/aromatic N) is 1. The molecule has 2 aromatic rings. The van der Waals surface area contributed by atoms with Crippen molar-refractivity contribution in [3.63, 3.8) is 0 Å². The van der Waals surface area contributed by atoms with Crippen LogP contribution in [-0.4, -0.2) is 63.1 Å². The van der Waals surface area contributed by atoms with E-state index in [0.717, 1.165) is 42.8 Å². The minimum atomic E-state index is -3.95. The van der Waals surface area contributed by atoms with Gasteiger partial charge in [-0.2, -0.15) is 0 Å². The van der Waals surface area contributed by atoms with E-state index < -0.39 is 26.8 Å². The summed E-state index contributed by atoms with van der Waals surface area (Å²) in [7, 11) is -2.09. The summed E-state index contributed by atoms with van der Waals surface area (Å²) in [6, 6.07) is 11.4. The fraction of sp³-hybridized carbons (Fsp3) is 0.618. The Bertz CT molecular complexity index is 1530. The van der Waals surface area contributed by atoms with Crippen LogP contribution in [0.5, 0.6) is 5.75 Å². The minimum Gasteiger partial charge on any atom is -0.490 e. The Hall–Kier alpha value is -2.33. The number of rotatable bonds is 1. The summed E-state index contributed by atoms with van der Waals surface area (Å²) in [5, 5.41) is 15.2. The summed E-state index contributed by atoms with van der Waals surface area (Å²) in [4.78, 5) is 15.8. The highest BCUT2D eigenvalue weighted by Crippen LogP contribution is 2.48. The van der Waals surface area contributed by atoms with Gasteiger partial charge in [0.05, 0.1) is 23.1 Å². The Kier molecular flexibility index (Phi) is 8.48. The standard InChI is InChI=1S/C34H46ClN3O5S/c1-21-14-27(36-4)17-33(3,40)28-10-7-25(28)18-38-19-34(13-5-6-23-15-26(35)9-11-29(23)34)20-43-31-12-8-24(16-30(31)38)32(39)37-44(41,42)22(21)2/h8-9,11-12,15-16,21-22,25,27-28,36,40H,5-7,10,13-14,17-20H2,1-4H3,(H,37,39)/t21-,22+,25-,27+,28+,33?,34-/m0/s1. The molecule has 0 aromatic heterocycles. The third-order valence-electron chi connectivity index (χ3n) is 11.2. The summed E-state index contributed by atoms with van der Waals surface area (Å²) in [5.74, 6) is 0.184. The van der Waals surface area contributed by atoms with Gasteiger partial charge in [0, 0.05) is 35.1 Å². The maximum atomic E-state index is 13.5. The van der Waals surface area contributed by atoms with Crippen molar-refractivity contribution >= 4 is 33.2 Å². The Morgan fingerprint density at radius 1 is 1.16 bits per heavy atom. The quantitative estimate of drug-likeness (QED) is 0.399. The lowest BCUT2D eigenvalue weighted by Crippen LogP contribution is -2.53. The molecule has 8 nitrogen and oxygen atoms in total. The number of aliphatic hydroxyl groups is 1. The van der Waals surface area contributed by atoms with E-state index in [1.54, 1.807) is 25.1 Å². The molecule has 10 heteroatoms. The number of sulfonamides is 1. The molecule has 2 aliphatic carbocycles. The normalized spacial score (nSPS) is 35.4. The molecule has 1 amide bonds. The van der Waals surface area contributed by atoms with Crippen LogP contribution in [0.25, 0.3) is 0 Å². The third-order valence-corrected chi connectivity index (χ3v) is 13.4. The van der Waals surface area contributed by atoms with Gasteiger partial charge in [-0.15, -0.1) is 0 Å². The fourth-order valence-corrected chi connectivity index (χ4v) is 9.81. The van der Waals surface area contributed by atoms with Crippen molar-refractivity contribution < 1.29 is 23.1 Å². The predicted octanol–water partition coefficient (Wildman–Crippen LogP) is 5.06. The number of halogens is 1. The lowest BCUT2D eigenvalue weighted by molar-refractivity contribution is -0.0790. The summed E-state index contributed by atoms with van der Waals surface area (Å²) >= 11 is 6.41. The zero-order valence-electron chi connectivity index (χ0n) is 26.2. The number of hydrogen-bond donors (Lipinski definition) is 3. The first kappa shape index (κ1) is 31.6. The van der Waals surface area contributed by atoms with Crippen molar-refractivity contribution in [2.24, 2.45) is 17.8 Å². The number of fused-ring (bicyclic) bond motifs is 4. The van der Waals surface area contributed by atoms with Gasteiger partial charge in [-0.05, 0) is 125 Å². The van der Waals surface area contributed by atoms with Gasteiger partial charge in [-0.1, -0.05) is 24.6 Å².